The minimum absolute atomic E-state index is 0.174. The standard InChI is InChI=1S/C20H20N4O2/c1-13(22-20(26)18-12-21-14(2)23-18)16-9-6-10-17(11-16)24-19(25)15-7-4-3-5-8-15/h3-13H,1-2H3,(H,21,23)(H,22,26)(H,24,25). The second kappa shape index (κ2) is 7.65. The summed E-state index contributed by atoms with van der Waals surface area (Å²) >= 11 is 0. The number of aryl methyl sites for hydroxylation is 1. The molecule has 0 bridgehead atoms. The van der Waals surface area contributed by atoms with Gasteiger partial charge in [-0.25, -0.2) is 4.98 Å². The average Bonchev–Trinajstić information content (AvgIpc) is 3.09. The van der Waals surface area contributed by atoms with Crippen LogP contribution in [0.5, 0.6) is 0 Å². The van der Waals surface area contributed by atoms with Gasteiger partial charge < -0.3 is 15.6 Å². The van der Waals surface area contributed by atoms with Crippen LogP contribution in [0.4, 0.5) is 5.69 Å². The first-order valence-electron chi connectivity index (χ1n) is 8.32. The molecular formula is C20H20N4O2. The smallest absolute Gasteiger partial charge is 0.269 e. The third-order valence-electron chi connectivity index (χ3n) is 3.98. The number of hydrogen-bond acceptors (Lipinski definition) is 3. The fourth-order valence-electron chi connectivity index (χ4n) is 2.57. The van der Waals surface area contributed by atoms with Gasteiger partial charge >= 0.3 is 0 Å². The van der Waals surface area contributed by atoms with Gasteiger partial charge in [-0.1, -0.05) is 30.3 Å². The lowest BCUT2D eigenvalue weighted by Gasteiger charge is -2.15. The highest BCUT2D eigenvalue weighted by Gasteiger charge is 2.14. The number of hydrogen-bond donors (Lipinski definition) is 3. The van der Waals surface area contributed by atoms with Crippen LogP contribution < -0.4 is 10.6 Å². The zero-order chi connectivity index (χ0) is 18.5. The molecule has 0 spiro atoms. The van der Waals surface area contributed by atoms with Crippen molar-refractivity contribution >= 4 is 17.5 Å². The summed E-state index contributed by atoms with van der Waals surface area (Å²) in [6.45, 7) is 3.68. The SMILES string of the molecule is Cc1ncc(C(=O)NC(C)c2cccc(NC(=O)c3ccccc3)c2)[nH]1. The first-order valence-corrected chi connectivity index (χ1v) is 8.32. The van der Waals surface area contributed by atoms with Crippen LogP contribution in [0.3, 0.4) is 0 Å². The van der Waals surface area contributed by atoms with Crippen molar-refractivity contribution in [1.29, 1.82) is 0 Å². The topological polar surface area (TPSA) is 86.9 Å². The molecule has 1 atom stereocenters. The van der Waals surface area contributed by atoms with Gasteiger partial charge in [0.05, 0.1) is 12.2 Å². The normalized spacial score (nSPS) is 11.6. The number of carbonyl (C=O) groups is 2. The van der Waals surface area contributed by atoms with Crippen LogP contribution in [0, 0.1) is 6.92 Å². The minimum atomic E-state index is -0.225. The van der Waals surface area contributed by atoms with E-state index in [-0.39, 0.29) is 17.9 Å². The van der Waals surface area contributed by atoms with Gasteiger partial charge in [0, 0.05) is 11.3 Å². The quantitative estimate of drug-likeness (QED) is 0.660. The van der Waals surface area contributed by atoms with Gasteiger partial charge in [-0.05, 0) is 43.7 Å². The molecule has 26 heavy (non-hydrogen) atoms. The van der Waals surface area contributed by atoms with Crippen molar-refractivity contribution in [1.82, 2.24) is 15.3 Å². The largest absolute Gasteiger partial charge is 0.344 e. The molecule has 3 rings (SSSR count). The van der Waals surface area contributed by atoms with Gasteiger partial charge in [0.25, 0.3) is 11.8 Å². The van der Waals surface area contributed by atoms with E-state index in [0.717, 1.165) is 5.56 Å². The number of H-pyrrole nitrogens is 1. The molecule has 1 aromatic heterocycles. The van der Waals surface area contributed by atoms with Crippen LogP contribution in [0.25, 0.3) is 0 Å². The van der Waals surface area contributed by atoms with Crippen molar-refractivity contribution in [3.8, 4) is 0 Å². The number of imidazole rings is 1. The first kappa shape index (κ1) is 17.4. The van der Waals surface area contributed by atoms with E-state index in [9.17, 15) is 9.59 Å². The number of amides is 2. The molecule has 2 aromatic carbocycles. The number of benzene rings is 2. The summed E-state index contributed by atoms with van der Waals surface area (Å²) in [4.78, 5) is 31.4. The molecule has 3 aromatic rings. The molecular weight excluding hydrogens is 328 g/mol. The molecule has 0 aliphatic rings. The summed E-state index contributed by atoms with van der Waals surface area (Å²) in [5, 5.41) is 5.79. The number of nitrogens with zero attached hydrogens (tertiary/aromatic N) is 1. The Labute approximate surface area is 151 Å². The van der Waals surface area contributed by atoms with Crippen molar-refractivity contribution in [3.05, 3.63) is 83.4 Å². The van der Waals surface area contributed by atoms with Crippen molar-refractivity contribution in [2.45, 2.75) is 19.9 Å². The van der Waals surface area contributed by atoms with E-state index in [4.69, 9.17) is 0 Å². The van der Waals surface area contributed by atoms with E-state index < -0.39 is 0 Å². The highest BCUT2D eigenvalue weighted by molar-refractivity contribution is 6.04. The monoisotopic (exact) mass is 348 g/mol. The summed E-state index contributed by atoms with van der Waals surface area (Å²) in [6.07, 6.45) is 1.51. The summed E-state index contributed by atoms with van der Waals surface area (Å²) < 4.78 is 0. The van der Waals surface area contributed by atoms with Crippen LogP contribution >= 0.6 is 0 Å². The van der Waals surface area contributed by atoms with Crippen molar-refractivity contribution < 1.29 is 9.59 Å². The lowest BCUT2D eigenvalue weighted by Crippen LogP contribution is -2.27. The highest BCUT2D eigenvalue weighted by Crippen LogP contribution is 2.18. The molecule has 0 saturated heterocycles. The predicted molar refractivity (Wildman–Crippen MR) is 100 cm³/mol. The number of carbonyl (C=O) groups excluding carboxylic acids is 2. The Kier molecular flexibility index (Phi) is 5.12. The second-order valence-electron chi connectivity index (χ2n) is 6.02. The third-order valence-corrected chi connectivity index (χ3v) is 3.98. The molecule has 1 heterocycles. The van der Waals surface area contributed by atoms with Crippen LogP contribution in [0.15, 0.2) is 60.8 Å². The maximum atomic E-state index is 12.3. The van der Waals surface area contributed by atoms with Crippen LogP contribution in [0.1, 0.15) is 45.2 Å². The number of anilines is 1. The van der Waals surface area contributed by atoms with E-state index in [2.05, 4.69) is 20.6 Å². The molecule has 0 saturated carbocycles. The number of nitrogens with one attached hydrogen (secondary N) is 3. The van der Waals surface area contributed by atoms with Gasteiger partial charge in [0.1, 0.15) is 11.5 Å². The Morgan fingerprint density at radius 1 is 1.04 bits per heavy atom. The van der Waals surface area contributed by atoms with Crippen molar-refractivity contribution in [2.24, 2.45) is 0 Å². The Bertz CT molecular complexity index is 918. The molecule has 1 unspecified atom stereocenters. The van der Waals surface area contributed by atoms with Gasteiger partial charge in [0.2, 0.25) is 0 Å². The zero-order valence-corrected chi connectivity index (χ0v) is 14.6. The average molecular weight is 348 g/mol. The predicted octanol–water partition coefficient (Wildman–Crippen LogP) is 3.46. The molecule has 0 fully saturated rings. The highest BCUT2D eigenvalue weighted by atomic mass is 16.2. The molecule has 0 aliphatic carbocycles. The fourth-order valence-corrected chi connectivity index (χ4v) is 2.57. The minimum Gasteiger partial charge on any atom is -0.344 e. The van der Waals surface area contributed by atoms with Gasteiger partial charge in [-0.2, -0.15) is 0 Å². The Morgan fingerprint density at radius 2 is 1.81 bits per heavy atom. The zero-order valence-electron chi connectivity index (χ0n) is 14.6. The van der Waals surface area contributed by atoms with Gasteiger partial charge in [-0.3, -0.25) is 9.59 Å². The van der Waals surface area contributed by atoms with E-state index >= 15 is 0 Å². The van der Waals surface area contributed by atoms with E-state index in [0.29, 0.717) is 22.8 Å². The van der Waals surface area contributed by atoms with E-state index in [1.54, 1.807) is 19.1 Å². The first-order chi connectivity index (χ1) is 12.5. The second-order valence-corrected chi connectivity index (χ2v) is 6.02. The van der Waals surface area contributed by atoms with Gasteiger partial charge in [-0.15, -0.1) is 0 Å². The molecule has 0 aliphatic heterocycles. The third kappa shape index (κ3) is 4.16. The lowest BCUT2D eigenvalue weighted by molar-refractivity contribution is 0.0934. The molecule has 0 radical (unpaired) electrons. The summed E-state index contributed by atoms with van der Waals surface area (Å²) in [5.41, 5.74) is 2.58. The van der Waals surface area contributed by atoms with Crippen LogP contribution in [0.2, 0.25) is 0 Å². The Balaban J connectivity index is 1.68. The van der Waals surface area contributed by atoms with E-state index in [1.807, 2.05) is 49.4 Å². The molecule has 2 amide bonds. The summed E-state index contributed by atoms with van der Waals surface area (Å²) in [5.74, 6) is 0.289. The fraction of sp³-hybridized carbons (Fsp3) is 0.150. The number of aromatic amines is 1. The molecule has 6 nitrogen and oxygen atoms in total. The van der Waals surface area contributed by atoms with Crippen LogP contribution in [-0.2, 0) is 0 Å². The van der Waals surface area contributed by atoms with Crippen molar-refractivity contribution in [3.63, 3.8) is 0 Å². The maximum absolute atomic E-state index is 12.3. The van der Waals surface area contributed by atoms with Crippen molar-refractivity contribution in [2.75, 3.05) is 5.32 Å². The van der Waals surface area contributed by atoms with Crippen LogP contribution in [-0.4, -0.2) is 21.8 Å². The maximum Gasteiger partial charge on any atom is 0.269 e. The Hall–Kier alpha value is -3.41. The molecule has 3 N–H and O–H groups in total. The Morgan fingerprint density at radius 3 is 2.50 bits per heavy atom. The summed E-state index contributed by atoms with van der Waals surface area (Å²) in [7, 11) is 0. The summed E-state index contributed by atoms with van der Waals surface area (Å²) in [6, 6.07) is 16.2. The van der Waals surface area contributed by atoms with Gasteiger partial charge in [0.15, 0.2) is 0 Å². The van der Waals surface area contributed by atoms with E-state index in [1.165, 1.54) is 6.20 Å². The number of aromatic nitrogens is 2. The lowest BCUT2D eigenvalue weighted by atomic mass is 10.1. The molecule has 6 heteroatoms. The number of rotatable bonds is 5. The molecule has 132 valence electrons.